The van der Waals surface area contributed by atoms with Gasteiger partial charge in [0.15, 0.2) is 0 Å². The van der Waals surface area contributed by atoms with Gasteiger partial charge in [0.05, 0.1) is 0 Å². The van der Waals surface area contributed by atoms with Crippen molar-refractivity contribution in [1.82, 2.24) is 9.80 Å². The first kappa shape index (κ1) is 17.9. The van der Waals surface area contributed by atoms with Gasteiger partial charge in [0.25, 0.3) is 0 Å². The fourth-order valence-corrected chi connectivity index (χ4v) is 4.16. The number of carbonyl (C=O) groups excluding carboxylic acids is 1. The normalized spacial score (nSPS) is 19.3. The van der Waals surface area contributed by atoms with E-state index in [0.29, 0.717) is 0 Å². The van der Waals surface area contributed by atoms with Crippen molar-refractivity contribution in [2.24, 2.45) is 0 Å². The number of aromatic hydroxyl groups is 1. The summed E-state index contributed by atoms with van der Waals surface area (Å²) in [6.07, 6.45) is 2.23. The number of hydrogen-bond donors (Lipinski definition) is 1. The lowest BCUT2D eigenvalue weighted by atomic mass is 10.0. The first-order valence-electron chi connectivity index (χ1n) is 9.84. The quantitative estimate of drug-likeness (QED) is 0.905. The van der Waals surface area contributed by atoms with Crippen LogP contribution in [0, 0.1) is 0 Å². The van der Waals surface area contributed by atoms with Crippen LogP contribution in [0.3, 0.4) is 0 Å². The van der Waals surface area contributed by atoms with Crippen LogP contribution < -0.4 is 4.90 Å². The predicted molar refractivity (Wildman–Crippen MR) is 107 cm³/mol. The third-order valence-electron chi connectivity index (χ3n) is 5.66. The minimum Gasteiger partial charge on any atom is -0.508 e. The molecule has 0 aromatic heterocycles. The molecule has 2 fully saturated rings. The maximum atomic E-state index is 13.3. The molecule has 0 saturated carbocycles. The van der Waals surface area contributed by atoms with Gasteiger partial charge in [-0.3, -0.25) is 9.69 Å². The van der Waals surface area contributed by atoms with Gasteiger partial charge < -0.3 is 14.9 Å². The highest BCUT2D eigenvalue weighted by Gasteiger charge is 2.34. The van der Waals surface area contributed by atoms with E-state index in [1.165, 1.54) is 0 Å². The van der Waals surface area contributed by atoms with Crippen LogP contribution in [-0.4, -0.2) is 60.1 Å². The molecule has 2 aliphatic rings. The highest BCUT2D eigenvalue weighted by Crippen LogP contribution is 2.28. The van der Waals surface area contributed by atoms with Crippen molar-refractivity contribution in [3.8, 4) is 5.75 Å². The summed E-state index contributed by atoms with van der Waals surface area (Å²) < 4.78 is 0. The summed E-state index contributed by atoms with van der Waals surface area (Å²) in [7, 11) is 0. The number of phenolic OH excluding ortho intramolecular Hbond substituents is 1. The van der Waals surface area contributed by atoms with Gasteiger partial charge in [-0.2, -0.15) is 0 Å². The van der Waals surface area contributed by atoms with E-state index in [1.807, 2.05) is 35.2 Å². The van der Waals surface area contributed by atoms with Crippen LogP contribution in [0.4, 0.5) is 5.69 Å². The molecular formula is C22H27N3O2. The highest BCUT2D eigenvalue weighted by atomic mass is 16.3. The zero-order chi connectivity index (χ0) is 18.6. The van der Waals surface area contributed by atoms with Crippen molar-refractivity contribution < 1.29 is 9.90 Å². The molecule has 0 unspecified atom stereocenters. The smallest absolute Gasteiger partial charge is 0.244 e. The molecule has 1 amide bonds. The third-order valence-corrected chi connectivity index (χ3v) is 5.66. The topological polar surface area (TPSA) is 47.0 Å². The van der Waals surface area contributed by atoms with Crippen LogP contribution in [0.1, 0.15) is 24.4 Å². The third kappa shape index (κ3) is 3.93. The molecule has 0 bridgehead atoms. The summed E-state index contributed by atoms with van der Waals surface area (Å²) in [5.74, 6) is 0.537. The van der Waals surface area contributed by atoms with Crippen LogP contribution in [0.5, 0.6) is 5.75 Å². The molecule has 2 aromatic rings. The van der Waals surface area contributed by atoms with Crippen molar-refractivity contribution in [3.63, 3.8) is 0 Å². The molecule has 2 aliphatic heterocycles. The number of anilines is 1. The molecule has 4 rings (SSSR count). The molecule has 1 N–H and O–H groups in total. The molecule has 2 saturated heterocycles. The standard InChI is InChI=1S/C22H27N3O2/c26-20-10-8-19(9-11-20)23-14-16-24(17-15-23)21(18-6-2-1-3-7-18)22(27)25-12-4-5-13-25/h1-3,6-11,21,26H,4-5,12-17H2/t21-/m1/s1. The molecular weight excluding hydrogens is 338 g/mol. The van der Waals surface area contributed by atoms with E-state index in [4.69, 9.17) is 0 Å². The maximum Gasteiger partial charge on any atom is 0.244 e. The number of hydrogen-bond acceptors (Lipinski definition) is 4. The molecule has 0 radical (unpaired) electrons. The van der Waals surface area contributed by atoms with Gasteiger partial charge in [-0.15, -0.1) is 0 Å². The van der Waals surface area contributed by atoms with Crippen LogP contribution in [0.15, 0.2) is 54.6 Å². The van der Waals surface area contributed by atoms with E-state index in [0.717, 1.165) is 63.4 Å². The highest BCUT2D eigenvalue weighted by molar-refractivity contribution is 5.83. The molecule has 2 aromatic carbocycles. The summed E-state index contributed by atoms with van der Waals surface area (Å²) in [5.41, 5.74) is 2.21. The Morgan fingerprint density at radius 3 is 2.07 bits per heavy atom. The Hall–Kier alpha value is -2.53. The number of rotatable bonds is 4. The second kappa shape index (κ2) is 8.01. The Morgan fingerprint density at radius 1 is 0.815 bits per heavy atom. The number of amides is 1. The molecule has 5 heteroatoms. The van der Waals surface area contributed by atoms with Gasteiger partial charge in [-0.1, -0.05) is 30.3 Å². The average Bonchev–Trinajstić information content (AvgIpc) is 3.25. The first-order valence-corrected chi connectivity index (χ1v) is 9.84. The van der Waals surface area contributed by atoms with Gasteiger partial charge in [-0.05, 0) is 42.7 Å². The molecule has 2 heterocycles. The van der Waals surface area contributed by atoms with Gasteiger partial charge >= 0.3 is 0 Å². The Balaban J connectivity index is 1.49. The Bertz CT molecular complexity index is 749. The van der Waals surface area contributed by atoms with E-state index < -0.39 is 0 Å². The van der Waals surface area contributed by atoms with E-state index in [1.54, 1.807) is 12.1 Å². The average molecular weight is 365 g/mol. The minimum absolute atomic E-state index is 0.189. The van der Waals surface area contributed by atoms with E-state index in [2.05, 4.69) is 21.9 Å². The Morgan fingerprint density at radius 2 is 1.44 bits per heavy atom. The predicted octanol–water partition coefficient (Wildman–Crippen LogP) is 2.88. The van der Waals surface area contributed by atoms with E-state index in [-0.39, 0.29) is 17.7 Å². The lowest BCUT2D eigenvalue weighted by molar-refractivity contribution is -0.136. The lowest BCUT2D eigenvalue weighted by Gasteiger charge is -2.40. The van der Waals surface area contributed by atoms with Crippen molar-refractivity contribution in [3.05, 3.63) is 60.2 Å². The van der Waals surface area contributed by atoms with Crippen molar-refractivity contribution >= 4 is 11.6 Å². The summed E-state index contributed by atoms with van der Waals surface area (Å²) in [6, 6.07) is 17.4. The lowest BCUT2D eigenvalue weighted by Crippen LogP contribution is -2.51. The van der Waals surface area contributed by atoms with Crippen molar-refractivity contribution in [2.75, 3.05) is 44.2 Å². The van der Waals surface area contributed by atoms with Crippen LogP contribution >= 0.6 is 0 Å². The zero-order valence-electron chi connectivity index (χ0n) is 15.6. The van der Waals surface area contributed by atoms with Crippen LogP contribution in [0.2, 0.25) is 0 Å². The maximum absolute atomic E-state index is 13.3. The largest absolute Gasteiger partial charge is 0.508 e. The SMILES string of the molecule is O=C([C@@H](c1ccccc1)N1CCN(c2ccc(O)cc2)CC1)N1CCCC1. The van der Waals surface area contributed by atoms with Gasteiger partial charge in [-0.25, -0.2) is 0 Å². The molecule has 27 heavy (non-hydrogen) atoms. The van der Waals surface area contributed by atoms with Crippen LogP contribution in [0.25, 0.3) is 0 Å². The molecule has 1 atom stereocenters. The molecule has 0 aliphatic carbocycles. The van der Waals surface area contributed by atoms with Gasteiger partial charge in [0.1, 0.15) is 11.8 Å². The zero-order valence-corrected chi connectivity index (χ0v) is 15.6. The van der Waals surface area contributed by atoms with Crippen molar-refractivity contribution in [1.29, 1.82) is 0 Å². The Labute approximate surface area is 160 Å². The molecule has 142 valence electrons. The minimum atomic E-state index is -0.189. The number of piperazine rings is 1. The number of carbonyl (C=O) groups is 1. The monoisotopic (exact) mass is 365 g/mol. The molecule has 0 spiro atoms. The molecule has 5 nitrogen and oxygen atoms in total. The van der Waals surface area contributed by atoms with Gasteiger partial charge in [0.2, 0.25) is 5.91 Å². The fraction of sp³-hybridized carbons (Fsp3) is 0.409. The van der Waals surface area contributed by atoms with Gasteiger partial charge in [0, 0.05) is 45.0 Å². The summed E-state index contributed by atoms with van der Waals surface area (Å²) in [5, 5.41) is 9.49. The summed E-state index contributed by atoms with van der Waals surface area (Å²) >= 11 is 0. The first-order chi connectivity index (χ1) is 13.2. The summed E-state index contributed by atoms with van der Waals surface area (Å²) in [6.45, 7) is 5.22. The van der Waals surface area contributed by atoms with E-state index in [9.17, 15) is 9.90 Å². The van der Waals surface area contributed by atoms with Crippen molar-refractivity contribution in [2.45, 2.75) is 18.9 Å². The summed E-state index contributed by atoms with van der Waals surface area (Å²) in [4.78, 5) is 20.0. The number of phenols is 1. The fourth-order valence-electron chi connectivity index (χ4n) is 4.16. The second-order valence-electron chi connectivity index (χ2n) is 7.39. The Kier molecular flexibility index (Phi) is 5.30. The number of likely N-dealkylation sites (tertiary alicyclic amines) is 1. The number of benzene rings is 2. The van der Waals surface area contributed by atoms with E-state index >= 15 is 0 Å². The number of nitrogens with zero attached hydrogens (tertiary/aromatic N) is 3. The second-order valence-corrected chi connectivity index (χ2v) is 7.39. The van der Waals surface area contributed by atoms with Crippen LogP contribution in [-0.2, 0) is 4.79 Å².